The van der Waals surface area contributed by atoms with Crippen LogP contribution in [0.2, 0.25) is 0 Å². The Labute approximate surface area is 42.5 Å². The molecule has 24 valence electrons. The van der Waals surface area contributed by atoms with E-state index in [-0.39, 0.29) is 21.7 Å². The largest absolute Gasteiger partial charge is 0.344 e. The van der Waals surface area contributed by atoms with Gasteiger partial charge in [0.2, 0.25) is 0 Å². The van der Waals surface area contributed by atoms with E-state index >= 15 is 0 Å². The van der Waals surface area contributed by atoms with Crippen LogP contribution in [-0.2, 0) is 21.7 Å². The van der Waals surface area contributed by atoms with Gasteiger partial charge in [-0.15, -0.1) is 0 Å². The molecule has 0 saturated carbocycles. The van der Waals surface area contributed by atoms with Crippen molar-refractivity contribution in [1.29, 1.82) is 0 Å². The molecule has 0 amide bonds. The van der Waals surface area contributed by atoms with Gasteiger partial charge in [-0.25, -0.2) is 0 Å². The SMILES string of the molecule is [CH2-]CC.[Ti]. The van der Waals surface area contributed by atoms with Crippen LogP contribution in [-0.4, -0.2) is 0 Å². The van der Waals surface area contributed by atoms with Crippen LogP contribution in [0.3, 0.4) is 0 Å². The standard InChI is InChI=1S/C3H7.Ti/c1-3-2;/h1,3H2,2H3;/q-1;. The third kappa shape index (κ3) is 15.6. The van der Waals surface area contributed by atoms with Gasteiger partial charge in [-0.05, 0) is 0 Å². The smallest absolute Gasteiger partial charge is 0 e. The minimum Gasteiger partial charge on any atom is -0.344 e. The zero-order valence-corrected chi connectivity index (χ0v) is 4.48. The van der Waals surface area contributed by atoms with Gasteiger partial charge in [-0.2, -0.15) is 6.42 Å². The molecule has 0 heterocycles. The quantitative estimate of drug-likeness (QED) is 0.310. The minimum atomic E-state index is 0. The maximum atomic E-state index is 3.49. The molecule has 0 radical (unpaired) electrons. The van der Waals surface area contributed by atoms with Gasteiger partial charge in [0, 0.05) is 21.7 Å². The summed E-state index contributed by atoms with van der Waals surface area (Å²) >= 11 is 0. The van der Waals surface area contributed by atoms with E-state index in [0.29, 0.717) is 0 Å². The van der Waals surface area contributed by atoms with Gasteiger partial charge in [0.05, 0.1) is 0 Å². The Morgan fingerprint density at radius 3 is 1.75 bits per heavy atom. The Bertz CT molecular complexity index is 3.25. The van der Waals surface area contributed by atoms with E-state index in [4.69, 9.17) is 0 Å². The van der Waals surface area contributed by atoms with Crippen molar-refractivity contribution >= 4 is 0 Å². The molecule has 0 saturated heterocycles. The second kappa shape index (κ2) is 9.31. The number of hydrogen-bond acceptors (Lipinski definition) is 0. The third-order valence-electron chi connectivity index (χ3n) is 0. The summed E-state index contributed by atoms with van der Waals surface area (Å²) in [5.41, 5.74) is 0. The van der Waals surface area contributed by atoms with E-state index in [9.17, 15) is 0 Å². The van der Waals surface area contributed by atoms with Crippen molar-refractivity contribution in [3.8, 4) is 0 Å². The molecule has 0 unspecified atom stereocenters. The van der Waals surface area contributed by atoms with Crippen molar-refractivity contribution in [3.63, 3.8) is 0 Å². The molecule has 0 aliphatic carbocycles. The van der Waals surface area contributed by atoms with Gasteiger partial charge < -0.3 is 6.92 Å². The number of hydrogen-bond donors (Lipinski definition) is 0. The maximum Gasteiger partial charge on any atom is 0 e. The summed E-state index contributed by atoms with van der Waals surface area (Å²) in [5, 5.41) is 0. The predicted molar refractivity (Wildman–Crippen MR) is 15.6 cm³/mol. The molecule has 0 bridgehead atoms. The van der Waals surface area contributed by atoms with Crippen LogP contribution in [0, 0.1) is 6.92 Å². The van der Waals surface area contributed by atoms with Crippen LogP contribution in [0.1, 0.15) is 13.3 Å². The predicted octanol–water partition coefficient (Wildman–Crippen LogP) is 1.23. The Kier molecular flexibility index (Phi) is 20.6. The molecule has 0 aliphatic rings. The summed E-state index contributed by atoms with van der Waals surface area (Å²) in [6.07, 6.45) is 1.00. The normalized spacial score (nSPS) is 4.50. The van der Waals surface area contributed by atoms with E-state index in [1.165, 1.54) is 0 Å². The first-order chi connectivity index (χ1) is 1.41. The zero-order valence-electron chi connectivity index (χ0n) is 2.91. The van der Waals surface area contributed by atoms with E-state index in [2.05, 4.69) is 6.92 Å². The summed E-state index contributed by atoms with van der Waals surface area (Å²) in [6.45, 7) is 5.50. The van der Waals surface area contributed by atoms with Gasteiger partial charge in [-0.3, -0.25) is 0 Å². The Balaban J connectivity index is 0. The minimum absolute atomic E-state index is 0. The molecular formula is C3H7Ti-. The first kappa shape index (κ1) is 8.83. The average Bonchev–Trinajstić information content (AvgIpc) is 0.918. The summed E-state index contributed by atoms with van der Waals surface area (Å²) in [5.74, 6) is 0. The van der Waals surface area contributed by atoms with Crippen LogP contribution < -0.4 is 0 Å². The van der Waals surface area contributed by atoms with Gasteiger partial charge in [-0.1, -0.05) is 6.92 Å². The summed E-state index contributed by atoms with van der Waals surface area (Å²) < 4.78 is 0. The fraction of sp³-hybridized carbons (Fsp3) is 0.667. The molecule has 0 rings (SSSR count). The molecule has 0 aromatic carbocycles. The van der Waals surface area contributed by atoms with Crippen LogP contribution in [0.4, 0.5) is 0 Å². The molecule has 4 heavy (non-hydrogen) atoms. The third-order valence-corrected chi connectivity index (χ3v) is 0. The molecule has 1 heteroatoms. The van der Waals surface area contributed by atoms with Gasteiger partial charge in [0.25, 0.3) is 0 Å². The van der Waals surface area contributed by atoms with Crippen molar-refractivity contribution < 1.29 is 21.7 Å². The molecule has 0 aliphatic heterocycles. The summed E-state index contributed by atoms with van der Waals surface area (Å²) in [4.78, 5) is 0. The maximum absolute atomic E-state index is 3.49. The number of rotatable bonds is 0. The molecule has 0 spiro atoms. The van der Waals surface area contributed by atoms with Crippen LogP contribution in [0.5, 0.6) is 0 Å². The molecule has 0 aromatic heterocycles. The van der Waals surface area contributed by atoms with E-state index < -0.39 is 0 Å². The van der Waals surface area contributed by atoms with Gasteiger partial charge in [0.1, 0.15) is 0 Å². The molecule has 0 atom stereocenters. The molecule has 0 nitrogen and oxygen atoms in total. The Hall–Kier alpha value is 0.714. The van der Waals surface area contributed by atoms with Crippen LogP contribution >= 0.6 is 0 Å². The zero-order chi connectivity index (χ0) is 2.71. The van der Waals surface area contributed by atoms with E-state index in [1.807, 2.05) is 6.92 Å². The van der Waals surface area contributed by atoms with Gasteiger partial charge in [0.15, 0.2) is 0 Å². The van der Waals surface area contributed by atoms with Crippen molar-refractivity contribution in [3.05, 3.63) is 6.92 Å². The van der Waals surface area contributed by atoms with Crippen molar-refractivity contribution in [1.82, 2.24) is 0 Å². The molecule has 0 aromatic rings. The van der Waals surface area contributed by atoms with E-state index in [0.717, 1.165) is 6.42 Å². The van der Waals surface area contributed by atoms with E-state index in [1.54, 1.807) is 0 Å². The van der Waals surface area contributed by atoms with Crippen molar-refractivity contribution in [2.24, 2.45) is 0 Å². The fourth-order valence-electron chi connectivity index (χ4n) is 0. The average molecular weight is 91.0 g/mol. The second-order valence-corrected chi connectivity index (χ2v) is 0.500. The molecule has 0 fully saturated rings. The van der Waals surface area contributed by atoms with Crippen LogP contribution in [0.25, 0.3) is 0 Å². The van der Waals surface area contributed by atoms with Crippen molar-refractivity contribution in [2.45, 2.75) is 13.3 Å². The molecule has 0 N–H and O–H groups in total. The first-order valence-corrected chi connectivity index (χ1v) is 1.21. The second-order valence-electron chi connectivity index (χ2n) is 0.500. The van der Waals surface area contributed by atoms with Gasteiger partial charge >= 0.3 is 0 Å². The first-order valence-electron chi connectivity index (χ1n) is 1.21. The monoisotopic (exact) mass is 91.0 g/mol. The summed E-state index contributed by atoms with van der Waals surface area (Å²) in [6, 6.07) is 0. The van der Waals surface area contributed by atoms with Crippen LogP contribution in [0.15, 0.2) is 0 Å². The topological polar surface area (TPSA) is 0 Å². The molecular weight excluding hydrogens is 83.9 g/mol. The van der Waals surface area contributed by atoms with Crippen molar-refractivity contribution in [2.75, 3.05) is 0 Å². The fourth-order valence-corrected chi connectivity index (χ4v) is 0. The Morgan fingerprint density at radius 2 is 1.75 bits per heavy atom. The summed E-state index contributed by atoms with van der Waals surface area (Å²) in [7, 11) is 0. The Morgan fingerprint density at radius 1 is 1.75 bits per heavy atom.